The van der Waals surface area contributed by atoms with E-state index in [1.807, 2.05) is 18.0 Å². The van der Waals surface area contributed by atoms with Crippen molar-refractivity contribution in [2.75, 3.05) is 11.6 Å². The van der Waals surface area contributed by atoms with Crippen LogP contribution in [0.25, 0.3) is 5.57 Å². The maximum atomic E-state index is 13.5. The van der Waals surface area contributed by atoms with E-state index in [1.54, 1.807) is 6.07 Å². The number of rotatable bonds is 4. The Kier molecular flexibility index (Phi) is 4.56. The van der Waals surface area contributed by atoms with Gasteiger partial charge >= 0.3 is 0 Å². The fourth-order valence-electron chi connectivity index (χ4n) is 2.89. The summed E-state index contributed by atoms with van der Waals surface area (Å²) in [5, 5.41) is 6.40. The first kappa shape index (κ1) is 15.5. The van der Waals surface area contributed by atoms with Crippen LogP contribution in [0.15, 0.2) is 59.7 Å². The highest BCUT2D eigenvalue weighted by Gasteiger charge is 2.15. The fraction of sp³-hybridized carbons (Fsp3) is 0.250. The van der Waals surface area contributed by atoms with Crippen LogP contribution in [0.1, 0.15) is 31.4 Å². The first-order valence-corrected chi connectivity index (χ1v) is 8.04. The van der Waals surface area contributed by atoms with E-state index in [9.17, 15) is 4.39 Å². The molecule has 3 heteroatoms. The van der Waals surface area contributed by atoms with Crippen LogP contribution in [-0.4, -0.2) is 12.3 Å². The van der Waals surface area contributed by atoms with Gasteiger partial charge in [-0.15, -0.1) is 0 Å². The summed E-state index contributed by atoms with van der Waals surface area (Å²) in [7, 11) is 0. The third kappa shape index (κ3) is 3.67. The van der Waals surface area contributed by atoms with Crippen molar-refractivity contribution in [1.82, 2.24) is 0 Å². The largest absolute Gasteiger partial charge is 0.261 e. The van der Waals surface area contributed by atoms with Gasteiger partial charge < -0.3 is 0 Å². The van der Waals surface area contributed by atoms with Crippen molar-refractivity contribution >= 4 is 17.0 Å². The zero-order chi connectivity index (χ0) is 16.2. The molecule has 2 aromatic rings. The molecule has 23 heavy (non-hydrogen) atoms. The summed E-state index contributed by atoms with van der Waals surface area (Å²) in [6, 6.07) is 15.2. The number of hydrogen-bond acceptors (Lipinski definition) is 2. The summed E-state index contributed by atoms with van der Waals surface area (Å²) in [5.74, 6) is -0.239. The SMILES string of the molecule is CCCc1cccc(C2=CC(C)=NN(c3cccc(F)c3)C2)c1. The molecule has 3 rings (SSSR count). The Bertz CT molecular complexity index is 762. The van der Waals surface area contributed by atoms with Crippen molar-refractivity contribution in [3.63, 3.8) is 0 Å². The van der Waals surface area contributed by atoms with Gasteiger partial charge in [-0.3, -0.25) is 5.01 Å². The van der Waals surface area contributed by atoms with Gasteiger partial charge in [-0.2, -0.15) is 5.10 Å². The van der Waals surface area contributed by atoms with Crippen molar-refractivity contribution < 1.29 is 4.39 Å². The summed E-state index contributed by atoms with van der Waals surface area (Å²) in [6.07, 6.45) is 4.33. The van der Waals surface area contributed by atoms with E-state index in [0.29, 0.717) is 6.54 Å². The number of hydrogen-bond donors (Lipinski definition) is 0. The minimum Gasteiger partial charge on any atom is -0.261 e. The first-order chi connectivity index (χ1) is 11.2. The zero-order valence-corrected chi connectivity index (χ0v) is 13.6. The Hall–Kier alpha value is -2.42. The van der Waals surface area contributed by atoms with Crippen LogP contribution in [0.4, 0.5) is 10.1 Å². The zero-order valence-electron chi connectivity index (χ0n) is 13.6. The topological polar surface area (TPSA) is 15.6 Å². The van der Waals surface area contributed by atoms with Gasteiger partial charge in [0.05, 0.1) is 17.9 Å². The summed E-state index contributed by atoms with van der Waals surface area (Å²) in [5.41, 5.74) is 5.48. The fourth-order valence-corrected chi connectivity index (χ4v) is 2.89. The molecule has 0 aliphatic carbocycles. The molecule has 2 nitrogen and oxygen atoms in total. The second kappa shape index (κ2) is 6.78. The van der Waals surface area contributed by atoms with Gasteiger partial charge in [-0.05, 0) is 54.3 Å². The van der Waals surface area contributed by atoms with E-state index in [0.717, 1.165) is 24.2 Å². The van der Waals surface area contributed by atoms with Crippen molar-refractivity contribution in [2.45, 2.75) is 26.7 Å². The van der Waals surface area contributed by atoms with Gasteiger partial charge in [0.2, 0.25) is 0 Å². The molecular weight excluding hydrogens is 287 g/mol. The monoisotopic (exact) mass is 308 g/mol. The van der Waals surface area contributed by atoms with Gasteiger partial charge in [0.25, 0.3) is 0 Å². The van der Waals surface area contributed by atoms with E-state index in [4.69, 9.17) is 0 Å². The lowest BCUT2D eigenvalue weighted by atomic mass is 9.99. The van der Waals surface area contributed by atoms with Gasteiger partial charge in [0.15, 0.2) is 0 Å². The van der Waals surface area contributed by atoms with Crippen LogP contribution in [0.2, 0.25) is 0 Å². The van der Waals surface area contributed by atoms with Gasteiger partial charge in [0.1, 0.15) is 5.82 Å². The van der Waals surface area contributed by atoms with E-state index in [2.05, 4.69) is 42.4 Å². The number of nitrogens with zero attached hydrogens (tertiary/aromatic N) is 2. The molecular formula is C20H21FN2. The van der Waals surface area contributed by atoms with E-state index in [-0.39, 0.29) is 5.82 Å². The van der Waals surface area contributed by atoms with E-state index in [1.165, 1.54) is 28.8 Å². The standard InChI is InChI=1S/C20H21FN2/c1-3-6-16-7-4-8-17(12-16)18-11-15(2)22-23(14-18)20-10-5-9-19(21)13-20/h4-5,7-13H,3,6,14H2,1-2H3. The second-order valence-corrected chi connectivity index (χ2v) is 5.90. The normalized spacial score (nSPS) is 14.5. The molecule has 0 bridgehead atoms. The Morgan fingerprint density at radius 2 is 1.96 bits per heavy atom. The van der Waals surface area contributed by atoms with Gasteiger partial charge in [-0.25, -0.2) is 4.39 Å². The number of hydrazone groups is 1. The molecule has 2 aromatic carbocycles. The van der Waals surface area contributed by atoms with E-state index >= 15 is 0 Å². The highest BCUT2D eigenvalue weighted by molar-refractivity contribution is 6.02. The van der Waals surface area contributed by atoms with Crippen LogP contribution in [-0.2, 0) is 6.42 Å². The molecule has 0 fully saturated rings. The third-order valence-corrected chi connectivity index (χ3v) is 3.92. The molecule has 0 unspecified atom stereocenters. The van der Waals surface area contributed by atoms with Gasteiger partial charge in [0, 0.05) is 0 Å². The van der Waals surface area contributed by atoms with Crippen LogP contribution in [0.5, 0.6) is 0 Å². The minimum absolute atomic E-state index is 0.239. The molecule has 1 aliphatic heterocycles. The average molecular weight is 308 g/mol. The molecule has 0 aromatic heterocycles. The third-order valence-electron chi connectivity index (χ3n) is 3.92. The van der Waals surface area contributed by atoms with Crippen molar-refractivity contribution in [3.05, 3.63) is 71.6 Å². The number of allylic oxidation sites excluding steroid dienone is 1. The van der Waals surface area contributed by atoms with Crippen LogP contribution >= 0.6 is 0 Å². The Morgan fingerprint density at radius 3 is 2.74 bits per heavy atom. The predicted octanol–water partition coefficient (Wildman–Crippen LogP) is 5.06. The highest BCUT2D eigenvalue weighted by atomic mass is 19.1. The summed E-state index contributed by atoms with van der Waals surface area (Å²) in [6.45, 7) is 4.81. The molecule has 118 valence electrons. The van der Waals surface area contributed by atoms with Crippen LogP contribution in [0, 0.1) is 5.82 Å². The predicted molar refractivity (Wildman–Crippen MR) is 95.3 cm³/mol. The number of anilines is 1. The lowest BCUT2D eigenvalue weighted by Gasteiger charge is -2.25. The number of aryl methyl sites for hydroxylation is 1. The average Bonchev–Trinajstić information content (AvgIpc) is 2.55. The van der Waals surface area contributed by atoms with Gasteiger partial charge in [-0.1, -0.05) is 43.7 Å². The molecule has 0 N–H and O–H groups in total. The van der Waals surface area contributed by atoms with Crippen molar-refractivity contribution in [2.24, 2.45) is 5.10 Å². The lowest BCUT2D eigenvalue weighted by Crippen LogP contribution is -2.24. The van der Waals surface area contributed by atoms with Crippen molar-refractivity contribution in [1.29, 1.82) is 0 Å². The summed E-state index contributed by atoms with van der Waals surface area (Å²) >= 11 is 0. The summed E-state index contributed by atoms with van der Waals surface area (Å²) < 4.78 is 13.5. The molecule has 0 radical (unpaired) electrons. The Morgan fingerprint density at radius 1 is 1.13 bits per heavy atom. The first-order valence-electron chi connectivity index (χ1n) is 8.04. The highest BCUT2D eigenvalue weighted by Crippen LogP contribution is 2.26. The van der Waals surface area contributed by atoms with E-state index < -0.39 is 0 Å². The molecule has 1 aliphatic rings. The molecule has 0 spiro atoms. The molecule has 0 saturated heterocycles. The maximum Gasteiger partial charge on any atom is 0.125 e. The second-order valence-electron chi connectivity index (χ2n) is 5.90. The molecule has 0 amide bonds. The smallest absolute Gasteiger partial charge is 0.125 e. The molecule has 0 atom stereocenters. The number of benzene rings is 2. The number of halogens is 1. The van der Waals surface area contributed by atoms with Crippen LogP contribution in [0.3, 0.4) is 0 Å². The minimum atomic E-state index is -0.239. The quantitative estimate of drug-likeness (QED) is 0.771. The lowest BCUT2D eigenvalue weighted by molar-refractivity contribution is 0.627. The summed E-state index contributed by atoms with van der Waals surface area (Å²) in [4.78, 5) is 0. The van der Waals surface area contributed by atoms with Crippen molar-refractivity contribution in [3.8, 4) is 0 Å². The van der Waals surface area contributed by atoms with Crippen LogP contribution < -0.4 is 5.01 Å². The Balaban J connectivity index is 1.89. The maximum absolute atomic E-state index is 13.5. The Labute approximate surface area is 137 Å². The molecule has 0 saturated carbocycles. The molecule has 1 heterocycles.